The predicted octanol–water partition coefficient (Wildman–Crippen LogP) is 3.81. The first-order chi connectivity index (χ1) is 8.78. The van der Waals surface area contributed by atoms with Gasteiger partial charge in [-0.05, 0) is 40.2 Å². The molecular weight excluding hydrogens is 310 g/mol. The molecule has 0 aromatic carbocycles. The summed E-state index contributed by atoms with van der Waals surface area (Å²) < 4.78 is 1.03. The average Bonchev–Trinajstić information content (AvgIpc) is 3.10. The molecule has 0 bridgehead atoms. The summed E-state index contributed by atoms with van der Waals surface area (Å²) in [6.45, 7) is 0. The summed E-state index contributed by atoms with van der Waals surface area (Å²) in [6.07, 6.45) is 3.31. The first-order valence-corrected chi connectivity index (χ1v) is 7.71. The van der Waals surface area contributed by atoms with Gasteiger partial charge in [-0.3, -0.25) is 0 Å². The molecule has 0 saturated heterocycles. The molecule has 5 heteroatoms. The van der Waals surface area contributed by atoms with Crippen LogP contribution in [0.5, 0.6) is 0 Å². The van der Waals surface area contributed by atoms with E-state index in [2.05, 4.69) is 43.7 Å². The zero-order valence-electron chi connectivity index (χ0n) is 10.1. The summed E-state index contributed by atoms with van der Waals surface area (Å²) >= 11 is 5.36. The predicted molar refractivity (Wildman–Crippen MR) is 78.4 cm³/mol. The van der Waals surface area contributed by atoms with Crippen LogP contribution in [0.2, 0.25) is 0 Å². The fraction of sp³-hybridized carbons (Fsp3) is 0.385. The lowest BCUT2D eigenvalue weighted by atomic mass is 10.2. The van der Waals surface area contributed by atoms with E-state index in [0.717, 1.165) is 22.5 Å². The number of aromatic nitrogens is 2. The van der Waals surface area contributed by atoms with Crippen LogP contribution in [-0.2, 0) is 6.42 Å². The Morgan fingerprint density at radius 2 is 2.28 bits per heavy atom. The van der Waals surface area contributed by atoms with Gasteiger partial charge in [-0.1, -0.05) is 6.07 Å². The molecule has 0 spiro atoms. The summed E-state index contributed by atoms with van der Waals surface area (Å²) in [7, 11) is 1.90. The van der Waals surface area contributed by atoms with E-state index in [1.165, 1.54) is 23.4 Å². The minimum Gasteiger partial charge on any atom is -0.372 e. The highest BCUT2D eigenvalue weighted by Gasteiger charge is 2.29. The maximum absolute atomic E-state index is 4.73. The van der Waals surface area contributed by atoms with Gasteiger partial charge in [0, 0.05) is 24.3 Å². The van der Waals surface area contributed by atoms with Crippen molar-refractivity contribution < 1.29 is 0 Å². The minimum atomic E-state index is 0.622. The highest BCUT2D eigenvalue weighted by atomic mass is 79.9. The van der Waals surface area contributed by atoms with Gasteiger partial charge < -0.3 is 5.32 Å². The number of nitrogens with one attached hydrogen (secondary N) is 1. The number of hydrogen-bond acceptors (Lipinski definition) is 4. The summed E-state index contributed by atoms with van der Waals surface area (Å²) in [5, 5.41) is 5.24. The van der Waals surface area contributed by atoms with Crippen LogP contribution in [0.1, 0.15) is 35.2 Å². The van der Waals surface area contributed by atoms with Gasteiger partial charge >= 0.3 is 0 Å². The molecule has 3 rings (SSSR count). The van der Waals surface area contributed by atoms with Crippen LogP contribution in [0.4, 0.5) is 5.82 Å². The molecule has 0 atom stereocenters. The molecule has 2 heterocycles. The summed E-state index contributed by atoms with van der Waals surface area (Å²) in [5.41, 5.74) is 1.17. The molecule has 1 saturated carbocycles. The number of hydrogen-bond donors (Lipinski definition) is 1. The number of anilines is 1. The molecule has 0 unspecified atom stereocenters. The van der Waals surface area contributed by atoms with Gasteiger partial charge in [-0.2, -0.15) is 0 Å². The Kier molecular flexibility index (Phi) is 3.35. The van der Waals surface area contributed by atoms with Crippen LogP contribution in [0.25, 0.3) is 0 Å². The number of rotatable bonds is 4. The SMILES string of the molecule is CNc1nc(Cc2cccs2)nc(C2CC2)c1Br. The zero-order chi connectivity index (χ0) is 12.5. The van der Waals surface area contributed by atoms with E-state index >= 15 is 0 Å². The second-order valence-electron chi connectivity index (χ2n) is 4.47. The van der Waals surface area contributed by atoms with Gasteiger partial charge in [-0.15, -0.1) is 11.3 Å². The maximum atomic E-state index is 4.73. The van der Waals surface area contributed by atoms with Crippen molar-refractivity contribution in [1.82, 2.24) is 9.97 Å². The van der Waals surface area contributed by atoms with Crippen molar-refractivity contribution in [3.8, 4) is 0 Å². The van der Waals surface area contributed by atoms with Crippen LogP contribution < -0.4 is 5.32 Å². The molecule has 0 amide bonds. The normalized spacial score (nSPS) is 14.8. The fourth-order valence-corrected chi connectivity index (χ4v) is 3.35. The van der Waals surface area contributed by atoms with Crippen LogP contribution in [0.3, 0.4) is 0 Å². The van der Waals surface area contributed by atoms with E-state index in [-0.39, 0.29) is 0 Å². The molecule has 1 aliphatic rings. The standard InChI is InChI=1S/C13H14BrN3S/c1-15-13-11(14)12(8-4-5-8)16-10(17-13)7-9-3-2-6-18-9/h2-3,6,8H,4-5,7H2,1H3,(H,15,16,17). The van der Waals surface area contributed by atoms with Crippen molar-refractivity contribution >= 4 is 33.1 Å². The van der Waals surface area contributed by atoms with E-state index < -0.39 is 0 Å². The van der Waals surface area contributed by atoms with Crippen LogP contribution in [0.15, 0.2) is 22.0 Å². The third-order valence-electron chi connectivity index (χ3n) is 3.04. The summed E-state index contributed by atoms with van der Waals surface area (Å²) in [5.74, 6) is 2.43. The molecule has 1 fully saturated rings. The molecule has 18 heavy (non-hydrogen) atoms. The number of halogens is 1. The molecule has 1 N–H and O–H groups in total. The highest BCUT2D eigenvalue weighted by molar-refractivity contribution is 9.10. The van der Waals surface area contributed by atoms with Crippen LogP contribution >= 0.6 is 27.3 Å². The van der Waals surface area contributed by atoms with Crippen molar-refractivity contribution in [2.45, 2.75) is 25.2 Å². The molecule has 94 valence electrons. The average molecular weight is 324 g/mol. The molecule has 0 radical (unpaired) electrons. The molecule has 2 aromatic rings. The van der Waals surface area contributed by atoms with Gasteiger partial charge in [0.25, 0.3) is 0 Å². The van der Waals surface area contributed by atoms with Gasteiger partial charge in [0.1, 0.15) is 11.6 Å². The lowest BCUT2D eigenvalue weighted by Crippen LogP contribution is -2.05. The first-order valence-electron chi connectivity index (χ1n) is 6.04. The van der Waals surface area contributed by atoms with Gasteiger partial charge in [0.15, 0.2) is 0 Å². The second-order valence-corrected chi connectivity index (χ2v) is 6.29. The lowest BCUT2D eigenvalue weighted by molar-refractivity contribution is 0.897. The molecule has 0 aliphatic heterocycles. The third kappa shape index (κ3) is 2.42. The van der Waals surface area contributed by atoms with Crippen LogP contribution in [0, 0.1) is 0 Å². The smallest absolute Gasteiger partial charge is 0.144 e. The summed E-state index contributed by atoms with van der Waals surface area (Å²) in [6, 6.07) is 4.20. The van der Waals surface area contributed by atoms with Crippen molar-refractivity contribution in [1.29, 1.82) is 0 Å². The minimum absolute atomic E-state index is 0.622. The van der Waals surface area contributed by atoms with Gasteiger partial charge in [0.05, 0.1) is 10.2 Å². The molecular formula is C13H14BrN3S. The molecule has 1 aliphatic carbocycles. The summed E-state index contributed by atoms with van der Waals surface area (Å²) in [4.78, 5) is 10.6. The largest absolute Gasteiger partial charge is 0.372 e. The van der Waals surface area contributed by atoms with E-state index in [0.29, 0.717) is 5.92 Å². The van der Waals surface area contributed by atoms with Crippen molar-refractivity contribution in [2.24, 2.45) is 0 Å². The third-order valence-corrected chi connectivity index (χ3v) is 4.69. The monoisotopic (exact) mass is 323 g/mol. The fourth-order valence-electron chi connectivity index (χ4n) is 1.95. The Morgan fingerprint density at radius 3 is 2.89 bits per heavy atom. The zero-order valence-corrected chi connectivity index (χ0v) is 12.5. The van der Waals surface area contributed by atoms with E-state index in [9.17, 15) is 0 Å². The number of nitrogens with zero attached hydrogens (tertiary/aromatic N) is 2. The Hall–Kier alpha value is -0.940. The molecule has 2 aromatic heterocycles. The van der Waals surface area contributed by atoms with E-state index in [4.69, 9.17) is 4.98 Å². The van der Waals surface area contributed by atoms with E-state index in [1.807, 2.05) is 7.05 Å². The van der Waals surface area contributed by atoms with Gasteiger partial charge in [0.2, 0.25) is 0 Å². The number of thiophene rings is 1. The maximum Gasteiger partial charge on any atom is 0.144 e. The first kappa shape index (κ1) is 12.1. The van der Waals surface area contributed by atoms with Crippen molar-refractivity contribution in [3.63, 3.8) is 0 Å². The lowest BCUT2D eigenvalue weighted by Gasteiger charge is -2.10. The highest BCUT2D eigenvalue weighted by Crippen LogP contribution is 2.43. The van der Waals surface area contributed by atoms with Gasteiger partial charge in [-0.25, -0.2) is 9.97 Å². The quantitative estimate of drug-likeness (QED) is 0.929. The molecule has 3 nitrogen and oxygen atoms in total. The van der Waals surface area contributed by atoms with Crippen molar-refractivity contribution in [2.75, 3.05) is 12.4 Å². The Balaban J connectivity index is 1.96. The Bertz CT molecular complexity index is 550. The second kappa shape index (κ2) is 4.97. The van der Waals surface area contributed by atoms with Crippen molar-refractivity contribution in [3.05, 3.63) is 38.4 Å². The topological polar surface area (TPSA) is 37.8 Å². The van der Waals surface area contributed by atoms with E-state index in [1.54, 1.807) is 11.3 Å². The Labute approximate surface area is 119 Å². The Morgan fingerprint density at radius 1 is 1.44 bits per heavy atom. The van der Waals surface area contributed by atoms with Crippen LogP contribution in [-0.4, -0.2) is 17.0 Å².